The van der Waals surface area contributed by atoms with Crippen molar-refractivity contribution in [2.24, 2.45) is 0 Å². The van der Waals surface area contributed by atoms with Crippen LogP contribution in [0.3, 0.4) is 0 Å². The van der Waals surface area contributed by atoms with Gasteiger partial charge in [-0.1, -0.05) is 0 Å². The zero-order chi connectivity index (χ0) is 20.4. The van der Waals surface area contributed by atoms with Crippen LogP contribution < -0.4 is 4.74 Å². The van der Waals surface area contributed by atoms with Crippen LogP contribution in [0.5, 0.6) is 5.75 Å². The summed E-state index contributed by atoms with van der Waals surface area (Å²) in [5.74, 6) is 0.272. The molecule has 6 nitrogen and oxygen atoms in total. The molecule has 1 saturated heterocycles. The highest BCUT2D eigenvalue weighted by Crippen LogP contribution is 2.24. The number of benzene rings is 2. The third kappa shape index (κ3) is 3.94. The molecule has 3 aromatic rings. The van der Waals surface area contributed by atoms with Gasteiger partial charge in [0.2, 0.25) is 5.91 Å². The number of H-pyrrole nitrogens is 1. The van der Waals surface area contributed by atoms with E-state index in [1.165, 1.54) is 24.3 Å². The van der Waals surface area contributed by atoms with Crippen LogP contribution in [0.15, 0.2) is 48.7 Å². The van der Waals surface area contributed by atoms with E-state index in [0.717, 1.165) is 22.2 Å². The first-order valence-electron chi connectivity index (χ1n) is 9.52. The Morgan fingerprint density at radius 2 is 1.72 bits per heavy atom. The summed E-state index contributed by atoms with van der Waals surface area (Å²) in [5.41, 5.74) is 2.34. The number of nitrogens with zero attached hydrogens (tertiary/aromatic N) is 2. The van der Waals surface area contributed by atoms with Gasteiger partial charge in [-0.05, 0) is 48.0 Å². The molecule has 1 fully saturated rings. The number of piperazine rings is 1. The van der Waals surface area contributed by atoms with Crippen molar-refractivity contribution < 1.29 is 18.7 Å². The quantitative estimate of drug-likeness (QED) is 0.739. The Kier molecular flexibility index (Phi) is 5.20. The molecule has 0 spiro atoms. The number of aromatic nitrogens is 1. The molecule has 4 rings (SSSR count). The van der Waals surface area contributed by atoms with Gasteiger partial charge in [-0.25, -0.2) is 4.39 Å². The molecule has 2 amide bonds. The van der Waals surface area contributed by atoms with Crippen LogP contribution in [0.2, 0.25) is 0 Å². The van der Waals surface area contributed by atoms with E-state index in [2.05, 4.69) is 4.98 Å². The normalized spacial score (nSPS) is 14.3. The molecule has 0 saturated carbocycles. The zero-order valence-electron chi connectivity index (χ0n) is 16.2. The molecule has 2 aromatic carbocycles. The van der Waals surface area contributed by atoms with Crippen LogP contribution >= 0.6 is 0 Å². The maximum Gasteiger partial charge on any atom is 0.253 e. The fourth-order valence-corrected chi connectivity index (χ4v) is 3.64. The SMILES string of the molecule is COc1ccc2[nH]cc(CC(=O)N3CCN(C(=O)c4ccc(F)cc4)CC3)c2c1. The molecule has 0 bridgehead atoms. The van der Waals surface area contributed by atoms with E-state index in [0.29, 0.717) is 38.2 Å². The number of hydrogen-bond donors (Lipinski definition) is 1. The summed E-state index contributed by atoms with van der Waals surface area (Å²) in [6.07, 6.45) is 2.15. The number of halogens is 1. The minimum atomic E-state index is -0.369. The molecule has 0 unspecified atom stereocenters. The van der Waals surface area contributed by atoms with Gasteiger partial charge in [-0.15, -0.1) is 0 Å². The minimum Gasteiger partial charge on any atom is -0.497 e. The summed E-state index contributed by atoms with van der Waals surface area (Å²) < 4.78 is 18.3. The Bertz CT molecular complexity index is 1040. The maximum absolute atomic E-state index is 13.0. The van der Waals surface area contributed by atoms with Gasteiger partial charge in [0.15, 0.2) is 0 Å². The average Bonchev–Trinajstić information content (AvgIpc) is 3.15. The Hall–Kier alpha value is -3.35. The topological polar surface area (TPSA) is 65.6 Å². The van der Waals surface area contributed by atoms with Gasteiger partial charge in [-0.2, -0.15) is 0 Å². The number of aromatic amines is 1. The molecule has 0 aliphatic carbocycles. The summed E-state index contributed by atoms with van der Waals surface area (Å²) in [6, 6.07) is 11.3. The number of fused-ring (bicyclic) bond motifs is 1. The molecule has 1 N–H and O–H groups in total. The van der Waals surface area contributed by atoms with Crippen molar-refractivity contribution in [1.82, 2.24) is 14.8 Å². The van der Waals surface area contributed by atoms with E-state index in [9.17, 15) is 14.0 Å². The van der Waals surface area contributed by atoms with Crippen molar-refractivity contribution in [2.45, 2.75) is 6.42 Å². The summed E-state index contributed by atoms with van der Waals surface area (Å²) in [5, 5.41) is 0.975. The van der Waals surface area contributed by atoms with Crippen LogP contribution in [0.4, 0.5) is 4.39 Å². The number of ether oxygens (including phenoxy) is 1. The van der Waals surface area contributed by atoms with Crippen molar-refractivity contribution in [1.29, 1.82) is 0 Å². The molecule has 1 aliphatic rings. The van der Waals surface area contributed by atoms with Gasteiger partial charge in [0.1, 0.15) is 11.6 Å². The van der Waals surface area contributed by atoms with Crippen molar-refractivity contribution in [3.8, 4) is 5.75 Å². The van der Waals surface area contributed by atoms with Gasteiger partial charge in [0, 0.05) is 48.8 Å². The van der Waals surface area contributed by atoms with Crippen molar-refractivity contribution in [2.75, 3.05) is 33.3 Å². The summed E-state index contributed by atoms with van der Waals surface area (Å²) in [6.45, 7) is 1.89. The van der Waals surface area contributed by atoms with Crippen LogP contribution in [0.1, 0.15) is 15.9 Å². The Balaban J connectivity index is 1.38. The van der Waals surface area contributed by atoms with Crippen LogP contribution in [-0.4, -0.2) is 59.9 Å². The zero-order valence-corrected chi connectivity index (χ0v) is 16.2. The Labute approximate surface area is 167 Å². The van der Waals surface area contributed by atoms with E-state index in [1.54, 1.807) is 16.9 Å². The number of hydrogen-bond acceptors (Lipinski definition) is 3. The van der Waals surface area contributed by atoms with Crippen LogP contribution in [0.25, 0.3) is 10.9 Å². The standard InChI is InChI=1S/C22H22FN3O3/c1-29-18-6-7-20-19(13-18)16(14-24-20)12-21(27)25-8-10-26(11-9-25)22(28)15-2-4-17(23)5-3-15/h2-7,13-14,24H,8-12H2,1H3. The Morgan fingerprint density at radius 1 is 1.03 bits per heavy atom. The van der Waals surface area contributed by atoms with Gasteiger partial charge in [-0.3, -0.25) is 9.59 Å². The molecule has 1 aromatic heterocycles. The number of rotatable bonds is 4. The first kappa shape index (κ1) is 19.0. The van der Waals surface area contributed by atoms with Crippen molar-refractivity contribution >= 4 is 22.7 Å². The number of amides is 2. The van der Waals surface area contributed by atoms with Crippen molar-refractivity contribution in [3.05, 3.63) is 65.6 Å². The second kappa shape index (κ2) is 7.95. The van der Waals surface area contributed by atoms with E-state index < -0.39 is 0 Å². The highest BCUT2D eigenvalue weighted by atomic mass is 19.1. The molecule has 2 heterocycles. The number of methoxy groups -OCH3 is 1. The van der Waals surface area contributed by atoms with Gasteiger partial charge >= 0.3 is 0 Å². The van der Waals surface area contributed by atoms with Crippen LogP contribution in [-0.2, 0) is 11.2 Å². The van der Waals surface area contributed by atoms with Gasteiger partial charge < -0.3 is 19.5 Å². The second-order valence-corrected chi connectivity index (χ2v) is 7.08. The smallest absolute Gasteiger partial charge is 0.253 e. The first-order chi connectivity index (χ1) is 14.0. The van der Waals surface area contributed by atoms with E-state index in [1.807, 2.05) is 24.4 Å². The molecule has 0 radical (unpaired) electrons. The molecule has 150 valence electrons. The lowest BCUT2D eigenvalue weighted by atomic mass is 10.1. The second-order valence-electron chi connectivity index (χ2n) is 7.08. The van der Waals surface area contributed by atoms with Gasteiger partial charge in [0.05, 0.1) is 13.5 Å². The first-order valence-corrected chi connectivity index (χ1v) is 9.52. The molecular weight excluding hydrogens is 373 g/mol. The molecule has 1 aliphatic heterocycles. The summed E-state index contributed by atoms with van der Waals surface area (Å²) in [4.78, 5) is 32.0. The predicted molar refractivity (Wildman–Crippen MR) is 107 cm³/mol. The minimum absolute atomic E-state index is 0.0302. The molecule has 7 heteroatoms. The third-order valence-corrected chi connectivity index (χ3v) is 5.33. The Morgan fingerprint density at radius 3 is 2.41 bits per heavy atom. The van der Waals surface area contributed by atoms with Gasteiger partial charge in [0.25, 0.3) is 5.91 Å². The highest BCUT2D eigenvalue weighted by Gasteiger charge is 2.25. The lowest BCUT2D eigenvalue weighted by Gasteiger charge is -2.35. The van der Waals surface area contributed by atoms with Crippen molar-refractivity contribution in [3.63, 3.8) is 0 Å². The average molecular weight is 395 g/mol. The fraction of sp³-hybridized carbons (Fsp3) is 0.273. The number of nitrogens with one attached hydrogen (secondary N) is 1. The fourth-order valence-electron chi connectivity index (χ4n) is 3.64. The van der Waals surface area contributed by atoms with E-state index in [4.69, 9.17) is 4.74 Å². The third-order valence-electron chi connectivity index (χ3n) is 5.33. The number of carbonyl (C=O) groups excluding carboxylic acids is 2. The van der Waals surface area contributed by atoms with E-state index >= 15 is 0 Å². The van der Waals surface area contributed by atoms with E-state index in [-0.39, 0.29) is 17.6 Å². The highest BCUT2D eigenvalue weighted by molar-refractivity contribution is 5.94. The predicted octanol–water partition coefficient (Wildman–Crippen LogP) is 2.84. The molecule has 29 heavy (non-hydrogen) atoms. The van der Waals surface area contributed by atoms with Crippen LogP contribution in [0, 0.1) is 5.82 Å². The largest absolute Gasteiger partial charge is 0.497 e. The summed E-state index contributed by atoms with van der Waals surface area (Å²) in [7, 11) is 1.62. The monoisotopic (exact) mass is 395 g/mol. The summed E-state index contributed by atoms with van der Waals surface area (Å²) >= 11 is 0. The number of carbonyl (C=O) groups is 2. The lowest BCUT2D eigenvalue weighted by Crippen LogP contribution is -2.51. The maximum atomic E-state index is 13.0. The molecule has 0 atom stereocenters. The molecular formula is C22H22FN3O3. The lowest BCUT2D eigenvalue weighted by molar-refractivity contribution is -0.131.